The van der Waals surface area contributed by atoms with Crippen LogP contribution in [0.25, 0.3) is 0 Å². The molecule has 0 saturated carbocycles. The summed E-state index contributed by atoms with van der Waals surface area (Å²) >= 11 is 0. The second kappa shape index (κ2) is 4.66. The van der Waals surface area contributed by atoms with Crippen molar-refractivity contribution in [2.45, 2.75) is 25.2 Å². The zero-order chi connectivity index (χ0) is 10.7. The Kier molecular flexibility index (Phi) is 3.77. The summed E-state index contributed by atoms with van der Waals surface area (Å²) in [5.74, 6) is -1.04. The SMILES string of the molecule is C[Si](C)C(N)Cc1ccc(F)cc1F. The van der Waals surface area contributed by atoms with Crippen LogP contribution in [0.1, 0.15) is 5.56 Å². The standard InChI is InChI=1S/C10H14F2NSi/c1-14(2)10(13)5-7-3-4-8(11)6-9(7)12/h3-4,6,10H,5,13H2,1-2H3. The van der Waals surface area contributed by atoms with Gasteiger partial charge in [0.1, 0.15) is 11.6 Å². The topological polar surface area (TPSA) is 26.0 Å². The quantitative estimate of drug-likeness (QED) is 0.766. The number of nitrogens with two attached hydrogens (primary N) is 1. The molecule has 0 spiro atoms. The van der Waals surface area contributed by atoms with Crippen LogP contribution in [0.4, 0.5) is 8.78 Å². The molecule has 0 fully saturated rings. The predicted molar refractivity (Wildman–Crippen MR) is 55.5 cm³/mol. The highest BCUT2D eigenvalue weighted by Crippen LogP contribution is 2.11. The predicted octanol–water partition coefficient (Wildman–Crippen LogP) is 2.13. The van der Waals surface area contributed by atoms with Crippen LogP contribution in [0.15, 0.2) is 18.2 Å². The van der Waals surface area contributed by atoms with Gasteiger partial charge in [-0.1, -0.05) is 19.2 Å². The van der Waals surface area contributed by atoms with Crippen LogP contribution < -0.4 is 5.73 Å². The lowest BCUT2D eigenvalue weighted by molar-refractivity contribution is 0.570. The second-order valence-corrected chi connectivity index (χ2v) is 6.52. The van der Waals surface area contributed by atoms with E-state index in [1.807, 2.05) is 0 Å². The Morgan fingerprint density at radius 2 is 2.00 bits per heavy atom. The molecule has 0 heterocycles. The lowest BCUT2D eigenvalue weighted by Crippen LogP contribution is -2.36. The Hall–Kier alpha value is -0.743. The zero-order valence-corrected chi connectivity index (χ0v) is 9.35. The van der Waals surface area contributed by atoms with Crippen molar-refractivity contribution in [3.63, 3.8) is 0 Å². The van der Waals surface area contributed by atoms with E-state index in [0.717, 1.165) is 6.07 Å². The van der Waals surface area contributed by atoms with E-state index in [2.05, 4.69) is 13.1 Å². The van der Waals surface area contributed by atoms with Crippen molar-refractivity contribution in [1.82, 2.24) is 0 Å². The van der Waals surface area contributed by atoms with Gasteiger partial charge in [0, 0.05) is 6.07 Å². The summed E-state index contributed by atoms with van der Waals surface area (Å²) in [7, 11) is -0.619. The van der Waals surface area contributed by atoms with Crippen LogP contribution >= 0.6 is 0 Å². The van der Waals surface area contributed by atoms with Gasteiger partial charge in [-0.25, -0.2) is 8.78 Å². The van der Waals surface area contributed by atoms with Gasteiger partial charge in [0.2, 0.25) is 0 Å². The zero-order valence-electron chi connectivity index (χ0n) is 8.35. The third kappa shape index (κ3) is 2.89. The fourth-order valence-corrected chi connectivity index (χ4v) is 1.76. The minimum absolute atomic E-state index is 0.0139. The summed E-state index contributed by atoms with van der Waals surface area (Å²) in [6.07, 6.45) is 0.493. The van der Waals surface area contributed by atoms with Crippen molar-refractivity contribution >= 4 is 8.80 Å². The lowest BCUT2D eigenvalue weighted by Gasteiger charge is -2.14. The van der Waals surface area contributed by atoms with Crippen molar-refractivity contribution in [3.05, 3.63) is 35.4 Å². The molecule has 1 atom stereocenters. The van der Waals surface area contributed by atoms with Crippen molar-refractivity contribution in [1.29, 1.82) is 0 Å². The van der Waals surface area contributed by atoms with Crippen LogP contribution in [0, 0.1) is 11.6 Å². The molecule has 2 N–H and O–H groups in total. The highest BCUT2D eigenvalue weighted by molar-refractivity contribution is 6.57. The summed E-state index contributed by atoms with van der Waals surface area (Å²) in [6, 6.07) is 3.64. The van der Waals surface area contributed by atoms with Gasteiger partial charge < -0.3 is 5.73 Å². The van der Waals surface area contributed by atoms with Crippen molar-refractivity contribution in [2.75, 3.05) is 0 Å². The molecule has 1 rings (SSSR count). The van der Waals surface area contributed by atoms with Crippen LogP contribution in [-0.2, 0) is 6.42 Å². The number of halogens is 2. The number of hydrogen-bond acceptors (Lipinski definition) is 1. The van der Waals surface area contributed by atoms with Crippen molar-refractivity contribution in [2.24, 2.45) is 5.73 Å². The van der Waals surface area contributed by atoms with Crippen LogP contribution in [-0.4, -0.2) is 14.5 Å². The van der Waals surface area contributed by atoms with E-state index in [1.54, 1.807) is 0 Å². The summed E-state index contributed by atoms with van der Waals surface area (Å²) in [6.45, 7) is 4.16. The molecule has 1 aromatic carbocycles. The Labute approximate surface area is 84.5 Å². The monoisotopic (exact) mass is 214 g/mol. The van der Waals surface area contributed by atoms with E-state index in [9.17, 15) is 8.78 Å². The van der Waals surface area contributed by atoms with Gasteiger partial charge in [0.25, 0.3) is 0 Å². The minimum Gasteiger partial charge on any atom is -0.330 e. The van der Waals surface area contributed by atoms with Gasteiger partial charge in [-0.15, -0.1) is 0 Å². The van der Waals surface area contributed by atoms with Gasteiger partial charge in [0.15, 0.2) is 0 Å². The first-order valence-electron chi connectivity index (χ1n) is 4.50. The average Bonchev–Trinajstić information content (AvgIpc) is 2.09. The Morgan fingerprint density at radius 1 is 1.36 bits per heavy atom. The minimum atomic E-state index is -0.619. The largest absolute Gasteiger partial charge is 0.330 e. The molecule has 0 bridgehead atoms. The number of hydrogen-bond donors (Lipinski definition) is 1. The maximum atomic E-state index is 13.2. The summed E-state index contributed by atoms with van der Waals surface area (Å²) in [5.41, 5.74) is 6.36. The van der Waals surface area contributed by atoms with E-state index < -0.39 is 20.4 Å². The fraction of sp³-hybridized carbons (Fsp3) is 0.400. The maximum Gasteiger partial charge on any atom is 0.129 e. The molecule has 0 aromatic heterocycles. The van der Waals surface area contributed by atoms with Gasteiger partial charge in [-0.3, -0.25) is 0 Å². The van der Waals surface area contributed by atoms with E-state index in [1.165, 1.54) is 12.1 Å². The molecular formula is C10H14F2NSi. The summed E-state index contributed by atoms with van der Waals surface area (Å²) in [4.78, 5) is 0. The highest BCUT2D eigenvalue weighted by Gasteiger charge is 2.12. The van der Waals surface area contributed by atoms with Crippen molar-refractivity contribution < 1.29 is 8.78 Å². The van der Waals surface area contributed by atoms with Crippen LogP contribution in [0.2, 0.25) is 13.1 Å². The Bertz CT molecular complexity index is 315. The molecule has 1 unspecified atom stereocenters. The summed E-state index contributed by atoms with van der Waals surface area (Å²) < 4.78 is 25.8. The molecule has 0 aliphatic carbocycles. The van der Waals surface area contributed by atoms with E-state index in [0.29, 0.717) is 12.0 Å². The normalized spacial score (nSPS) is 13.3. The summed E-state index contributed by atoms with van der Waals surface area (Å²) in [5, 5.41) is 0. The van der Waals surface area contributed by atoms with Gasteiger partial charge >= 0.3 is 0 Å². The second-order valence-electron chi connectivity index (χ2n) is 3.62. The number of benzene rings is 1. The number of rotatable bonds is 3. The van der Waals surface area contributed by atoms with Crippen LogP contribution in [0.3, 0.4) is 0 Å². The Morgan fingerprint density at radius 3 is 2.50 bits per heavy atom. The third-order valence-corrected chi connectivity index (χ3v) is 3.88. The van der Waals surface area contributed by atoms with Gasteiger partial charge in [-0.2, -0.15) is 0 Å². The first-order chi connectivity index (χ1) is 6.50. The maximum absolute atomic E-state index is 13.2. The molecule has 1 radical (unpaired) electrons. The van der Waals surface area contributed by atoms with E-state index in [4.69, 9.17) is 5.73 Å². The average molecular weight is 214 g/mol. The third-order valence-electron chi connectivity index (χ3n) is 2.20. The molecule has 1 aromatic rings. The van der Waals surface area contributed by atoms with Gasteiger partial charge in [0.05, 0.1) is 8.80 Å². The van der Waals surface area contributed by atoms with Gasteiger partial charge in [-0.05, 0) is 23.7 Å². The molecule has 4 heteroatoms. The molecule has 77 valence electrons. The molecule has 0 amide bonds. The van der Waals surface area contributed by atoms with Crippen LogP contribution in [0.5, 0.6) is 0 Å². The molecule has 0 aliphatic heterocycles. The first kappa shape index (κ1) is 11.3. The molecular weight excluding hydrogens is 200 g/mol. The lowest BCUT2D eigenvalue weighted by atomic mass is 10.1. The highest BCUT2D eigenvalue weighted by atomic mass is 28.3. The van der Waals surface area contributed by atoms with Crippen molar-refractivity contribution in [3.8, 4) is 0 Å². The smallest absolute Gasteiger partial charge is 0.129 e. The molecule has 14 heavy (non-hydrogen) atoms. The first-order valence-corrected chi connectivity index (χ1v) is 7.08. The fourth-order valence-electron chi connectivity index (χ4n) is 1.13. The molecule has 1 nitrogen and oxygen atoms in total. The molecule has 0 saturated heterocycles. The van der Waals surface area contributed by atoms with E-state index in [-0.39, 0.29) is 5.67 Å². The molecule has 0 aliphatic rings. The van der Waals surface area contributed by atoms with E-state index >= 15 is 0 Å². The Balaban J connectivity index is 2.77.